The summed E-state index contributed by atoms with van der Waals surface area (Å²) in [6.07, 6.45) is 6.45. The summed E-state index contributed by atoms with van der Waals surface area (Å²) in [4.78, 5) is 2.37. The van der Waals surface area contributed by atoms with Gasteiger partial charge in [0.05, 0.1) is 25.5 Å². The molecule has 4 rings (SSSR count). The first-order chi connectivity index (χ1) is 11.6. The molecule has 1 aromatic heterocycles. The Kier molecular flexibility index (Phi) is 4.67. The molecule has 1 aliphatic heterocycles. The van der Waals surface area contributed by atoms with E-state index < -0.39 is 0 Å². The zero-order valence-corrected chi connectivity index (χ0v) is 15.1. The van der Waals surface area contributed by atoms with Crippen LogP contribution in [0.15, 0.2) is 10.6 Å². The van der Waals surface area contributed by atoms with Crippen molar-refractivity contribution in [3.05, 3.63) is 17.5 Å². The highest BCUT2D eigenvalue weighted by atomic mass is 16.5. The van der Waals surface area contributed by atoms with E-state index in [4.69, 9.17) is 9.26 Å². The van der Waals surface area contributed by atoms with E-state index in [9.17, 15) is 0 Å². The smallest absolute Gasteiger partial charge is 0.150 e. The number of hydrogen-bond donors (Lipinski definition) is 1. The standard InChI is InChI=1S/C19H31N3O2/c1-19(2)14(11-18(19)20-15-4-3-5-15)10-16-12-17(24-21-16)13-22-6-8-23-9-7-22/h12,14-15,18,20H,3-11,13H2,1-2H3. The van der Waals surface area contributed by atoms with Crippen LogP contribution in [0.25, 0.3) is 0 Å². The minimum absolute atomic E-state index is 0.360. The molecule has 0 bridgehead atoms. The Hall–Kier alpha value is -0.910. The molecule has 0 spiro atoms. The van der Waals surface area contributed by atoms with Gasteiger partial charge in [0.15, 0.2) is 5.76 Å². The molecular weight excluding hydrogens is 302 g/mol. The lowest BCUT2D eigenvalue weighted by Gasteiger charge is -2.54. The van der Waals surface area contributed by atoms with Crippen molar-refractivity contribution in [1.29, 1.82) is 0 Å². The van der Waals surface area contributed by atoms with Gasteiger partial charge in [-0.1, -0.05) is 25.4 Å². The maximum absolute atomic E-state index is 5.57. The topological polar surface area (TPSA) is 50.5 Å². The van der Waals surface area contributed by atoms with Crippen LogP contribution in [0.1, 0.15) is 51.0 Å². The van der Waals surface area contributed by atoms with E-state index in [-0.39, 0.29) is 0 Å². The summed E-state index contributed by atoms with van der Waals surface area (Å²) >= 11 is 0. The van der Waals surface area contributed by atoms with Crippen LogP contribution in [0.2, 0.25) is 0 Å². The van der Waals surface area contributed by atoms with Crippen molar-refractivity contribution < 1.29 is 9.26 Å². The Bertz CT molecular complexity index is 547. The Morgan fingerprint density at radius 3 is 2.75 bits per heavy atom. The third kappa shape index (κ3) is 3.39. The van der Waals surface area contributed by atoms with Crippen LogP contribution in [-0.2, 0) is 17.7 Å². The van der Waals surface area contributed by atoms with Gasteiger partial charge in [-0.25, -0.2) is 0 Å². The molecule has 0 radical (unpaired) electrons. The monoisotopic (exact) mass is 333 g/mol. The molecule has 2 heterocycles. The van der Waals surface area contributed by atoms with Crippen LogP contribution in [0.3, 0.4) is 0 Å². The first-order valence-electron chi connectivity index (χ1n) is 9.62. The molecule has 2 atom stereocenters. The molecule has 0 amide bonds. The van der Waals surface area contributed by atoms with Gasteiger partial charge in [-0.3, -0.25) is 4.90 Å². The van der Waals surface area contributed by atoms with E-state index in [0.29, 0.717) is 17.4 Å². The van der Waals surface area contributed by atoms with E-state index in [0.717, 1.165) is 56.8 Å². The normalized spacial score (nSPS) is 30.8. The zero-order chi connectivity index (χ0) is 16.6. The average Bonchev–Trinajstić information content (AvgIpc) is 2.96. The second-order valence-electron chi connectivity index (χ2n) is 8.48. The fraction of sp³-hybridized carbons (Fsp3) is 0.842. The lowest BCUT2D eigenvalue weighted by molar-refractivity contribution is 0.000500. The molecule has 5 nitrogen and oxygen atoms in total. The molecular formula is C19H31N3O2. The highest BCUT2D eigenvalue weighted by molar-refractivity contribution is 5.12. The first-order valence-corrected chi connectivity index (χ1v) is 9.62. The van der Waals surface area contributed by atoms with Crippen LogP contribution in [0.4, 0.5) is 0 Å². The second-order valence-corrected chi connectivity index (χ2v) is 8.48. The molecule has 2 unspecified atom stereocenters. The van der Waals surface area contributed by atoms with E-state index in [2.05, 4.69) is 35.3 Å². The van der Waals surface area contributed by atoms with Crippen LogP contribution in [-0.4, -0.2) is 48.4 Å². The molecule has 134 valence electrons. The number of hydrogen-bond acceptors (Lipinski definition) is 5. The lowest BCUT2D eigenvalue weighted by Crippen LogP contribution is -2.60. The molecule has 1 N–H and O–H groups in total. The lowest BCUT2D eigenvalue weighted by atomic mass is 9.57. The zero-order valence-electron chi connectivity index (χ0n) is 15.1. The summed E-state index contributed by atoms with van der Waals surface area (Å²) in [6, 6.07) is 3.62. The van der Waals surface area contributed by atoms with Crippen molar-refractivity contribution in [2.45, 2.75) is 64.6 Å². The van der Waals surface area contributed by atoms with Crippen molar-refractivity contribution in [3.63, 3.8) is 0 Å². The molecule has 24 heavy (non-hydrogen) atoms. The SMILES string of the molecule is CC1(C)C(Cc2cc(CN3CCOCC3)on2)CC1NC1CCC1. The minimum atomic E-state index is 0.360. The number of ether oxygens (including phenoxy) is 1. The molecule has 3 fully saturated rings. The Morgan fingerprint density at radius 2 is 2.08 bits per heavy atom. The fourth-order valence-corrected chi connectivity index (χ4v) is 4.26. The van der Waals surface area contributed by atoms with Gasteiger partial charge in [-0.2, -0.15) is 0 Å². The van der Waals surface area contributed by atoms with Crippen molar-refractivity contribution in [1.82, 2.24) is 15.4 Å². The van der Waals surface area contributed by atoms with Crippen LogP contribution >= 0.6 is 0 Å². The molecule has 3 aliphatic rings. The van der Waals surface area contributed by atoms with E-state index in [1.54, 1.807) is 0 Å². The maximum atomic E-state index is 5.57. The van der Waals surface area contributed by atoms with Crippen LogP contribution in [0, 0.1) is 11.3 Å². The van der Waals surface area contributed by atoms with E-state index in [1.807, 2.05) is 0 Å². The quantitative estimate of drug-likeness (QED) is 0.867. The minimum Gasteiger partial charge on any atom is -0.379 e. The van der Waals surface area contributed by atoms with Gasteiger partial charge in [-0.15, -0.1) is 0 Å². The average molecular weight is 333 g/mol. The van der Waals surface area contributed by atoms with Gasteiger partial charge in [0, 0.05) is 31.2 Å². The summed E-state index contributed by atoms with van der Waals surface area (Å²) < 4.78 is 11.0. The summed E-state index contributed by atoms with van der Waals surface area (Å²) in [7, 11) is 0. The molecule has 5 heteroatoms. The van der Waals surface area contributed by atoms with Gasteiger partial charge < -0.3 is 14.6 Å². The van der Waals surface area contributed by atoms with Crippen LogP contribution in [0.5, 0.6) is 0 Å². The predicted molar refractivity (Wildman–Crippen MR) is 92.8 cm³/mol. The number of rotatable bonds is 6. The second kappa shape index (κ2) is 6.77. The highest BCUT2D eigenvalue weighted by Crippen LogP contribution is 2.48. The highest BCUT2D eigenvalue weighted by Gasteiger charge is 2.48. The third-order valence-corrected chi connectivity index (χ3v) is 6.56. The summed E-state index contributed by atoms with van der Waals surface area (Å²) in [5, 5.41) is 8.18. The van der Waals surface area contributed by atoms with Gasteiger partial charge in [0.1, 0.15) is 0 Å². The predicted octanol–water partition coefficient (Wildman–Crippen LogP) is 2.61. The number of aromatic nitrogens is 1. The van der Waals surface area contributed by atoms with Gasteiger partial charge in [0.2, 0.25) is 0 Å². The van der Waals surface area contributed by atoms with Crippen LogP contribution < -0.4 is 5.32 Å². The Balaban J connectivity index is 1.28. The molecule has 2 saturated carbocycles. The molecule has 0 aromatic carbocycles. The Labute approximate surface area is 145 Å². The Morgan fingerprint density at radius 1 is 1.29 bits per heavy atom. The van der Waals surface area contributed by atoms with Crippen molar-refractivity contribution in [3.8, 4) is 0 Å². The molecule has 2 aliphatic carbocycles. The van der Waals surface area contributed by atoms with E-state index >= 15 is 0 Å². The number of morpholine rings is 1. The van der Waals surface area contributed by atoms with Crippen molar-refractivity contribution >= 4 is 0 Å². The number of nitrogens with zero attached hydrogens (tertiary/aromatic N) is 2. The maximum Gasteiger partial charge on any atom is 0.150 e. The summed E-state index contributed by atoms with van der Waals surface area (Å²) in [5.41, 5.74) is 1.48. The van der Waals surface area contributed by atoms with Crippen molar-refractivity contribution in [2.75, 3.05) is 26.3 Å². The largest absolute Gasteiger partial charge is 0.379 e. The summed E-state index contributed by atoms with van der Waals surface area (Å²) in [6.45, 7) is 9.30. The first kappa shape index (κ1) is 16.6. The van der Waals surface area contributed by atoms with Gasteiger partial charge >= 0.3 is 0 Å². The fourth-order valence-electron chi connectivity index (χ4n) is 4.26. The van der Waals surface area contributed by atoms with Crippen molar-refractivity contribution in [2.24, 2.45) is 11.3 Å². The summed E-state index contributed by atoms with van der Waals surface area (Å²) in [5.74, 6) is 1.70. The number of nitrogens with one attached hydrogen (secondary N) is 1. The molecule has 1 aromatic rings. The van der Waals surface area contributed by atoms with E-state index in [1.165, 1.54) is 25.7 Å². The third-order valence-electron chi connectivity index (χ3n) is 6.56. The molecule has 1 saturated heterocycles. The van der Waals surface area contributed by atoms with Gasteiger partial charge in [-0.05, 0) is 37.0 Å². The van der Waals surface area contributed by atoms with Gasteiger partial charge in [0.25, 0.3) is 0 Å².